The average Bonchev–Trinajstić information content (AvgIpc) is 2.78. The molecule has 3 aromatic rings. The van der Waals surface area contributed by atoms with E-state index in [1.807, 2.05) is 18.2 Å². The summed E-state index contributed by atoms with van der Waals surface area (Å²) >= 11 is 14.6. The lowest BCUT2D eigenvalue weighted by atomic mass is 10.1. The Morgan fingerprint density at radius 2 is 1.75 bits per heavy atom. The second-order valence-electron chi connectivity index (χ2n) is 6.90. The van der Waals surface area contributed by atoms with E-state index in [2.05, 4.69) is 21.2 Å². The Kier molecular flexibility index (Phi) is 6.69. The molecule has 0 aliphatic carbocycles. The molecule has 2 amide bonds. The molecule has 0 spiro atoms. The highest BCUT2D eigenvalue weighted by molar-refractivity contribution is 9.10. The molecule has 0 atom stereocenters. The van der Waals surface area contributed by atoms with Crippen LogP contribution in [-0.4, -0.2) is 16.9 Å². The molecule has 160 valence electrons. The number of carbonyl (C=O) groups excluding carboxylic acids is 2. The van der Waals surface area contributed by atoms with Gasteiger partial charge in [0.2, 0.25) is 0 Å². The van der Waals surface area contributed by atoms with Crippen molar-refractivity contribution in [2.45, 2.75) is 6.61 Å². The van der Waals surface area contributed by atoms with Gasteiger partial charge in [0.25, 0.3) is 11.8 Å². The van der Waals surface area contributed by atoms with E-state index in [1.165, 1.54) is 11.0 Å². The van der Waals surface area contributed by atoms with Gasteiger partial charge in [-0.3, -0.25) is 19.8 Å². The van der Waals surface area contributed by atoms with Crippen LogP contribution in [0.1, 0.15) is 11.1 Å². The molecule has 0 unspecified atom stereocenters. The zero-order chi connectivity index (χ0) is 22.7. The van der Waals surface area contributed by atoms with Crippen molar-refractivity contribution in [2.75, 3.05) is 4.90 Å². The molecule has 4 rings (SSSR count). The summed E-state index contributed by atoms with van der Waals surface area (Å²) in [5, 5.41) is 3.30. The van der Waals surface area contributed by atoms with Gasteiger partial charge in [-0.05, 0) is 81.7 Å². The van der Waals surface area contributed by atoms with E-state index in [1.54, 1.807) is 54.6 Å². The van der Waals surface area contributed by atoms with Gasteiger partial charge >= 0.3 is 0 Å². The van der Waals surface area contributed by atoms with Gasteiger partial charge in [0, 0.05) is 5.02 Å². The number of hydrogen-bond donors (Lipinski definition) is 1. The summed E-state index contributed by atoms with van der Waals surface area (Å²) in [5.41, 5.74) is 2.22. The first-order chi connectivity index (χ1) is 15.4. The van der Waals surface area contributed by atoms with Crippen LogP contribution in [-0.2, 0) is 16.2 Å². The number of nitrogens with one attached hydrogen (secondary N) is 1. The van der Waals surface area contributed by atoms with Gasteiger partial charge < -0.3 is 4.74 Å². The molecule has 1 N–H and O–H groups in total. The molecular weight excluding hydrogens is 512 g/mol. The van der Waals surface area contributed by atoms with E-state index >= 15 is 0 Å². The third kappa shape index (κ3) is 4.91. The Balaban J connectivity index is 1.55. The summed E-state index contributed by atoms with van der Waals surface area (Å²) in [6, 6.07) is 21.7. The summed E-state index contributed by atoms with van der Waals surface area (Å²) in [6.07, 6.45) is 1.53. The molecule has 5 nitrogen and oxygen atoms in total. The summed E-state index contributed by atoms with van der Waals surface area (Å²) in [7, 11) is 0. The number of nitrogens with zero attached hydrogens (tertiary/aromatic N) is 1. The molecule has 0 radical (unpaired) electrons. The Morgan fingerprint density at radius 1 is 1.03 bits per heavy atom. The van der Waals surface area contributed by atoms with Crippen molar-refractivity contribution in [2.24, 2.45) is 0 Å². The largest absolute Gasteiger partial charge is 0.488 e. The standard InChI is InChI=1S/C24H16BrClN2O3S/c25-20-13-16(8-11-21(20)31-14-15-6-9-17(26)10-7-15)12-19-22(29)27-24(32)28(23(19)30)18-4-2-1-3-5-18/h1-13H,14H2,(H,27,29,32)/b19-12-. The predicted molar refractivity (Wildman–Crippen MR) is 133 cm³/mol. The van der Waals surface area contributed by atoms with Crippen LogP contribution in [0.4, 0.5) is 5.69 Å². The molecule has 0 bridgehead atoms. The number of amides is 2. The van der Waals surface area contributed by atoms with E-state index in [4.69, 9.17) is 28.6 Å². The zero-order valence-electron chi connectivity index (χ0n) is 16.5. The normalized spacial score (nSPS) is 15.1. The van der Waals surface area contributed by atoms with E-state index in [0.717, 1.165) is 5.56 Å². The number of thiocarbonyl (C=S) groups is 1. The first-order valence-electron chi connectivity index (χ1n) is 9.55. The molecule has 3 aromatic carbocycles. The first-order valence-corrected chi connectivity index (χ1v) is 11.1. The van der Waals surface area contributed by atoms with Crippen LogP contribution in [0.15, 0.2) is 82.8 Å². The fourth-order valence-electron chi connectivity index (χ4n) is 3.10. The van der Waals surface area contributed by atoms with Gasteiger partial charge in [-0.25, -0.2) is 0 Å². The SMILES string of the molecule is O=C1NC(=S)N(c2ccccc2)C(=O)/C1=C\c1ccc(OCc2ccc(Cl)cc2)c(Br)c1. The van der Waals surface area contributed by atoms with Crippen LogP contribution in [0.25, 0.3) is 6.08 Å². The van der Waals surface area contributed by atoms with Crippen molar-refractivity contribution in [3.8, 4) is 5.75 Å². The van der Waals surface area contributed by atoms with Crippen molar-refractivity contribution in [3.05, 3.63) is 99.0 Å². The van der Waals surface area contributed by atoms with Gasteiger partial charge in [-0.1, -0.05) is 48.0 Å². The van der Waals surface area contributed by atoms with Crippen LogP contribution in [0, 0.1) is 0 Å². The van der Waals surface area contributed by atoms with Gasteiger partial charge in [0.1, 0.15) is 17.9 Å². The quantitative estimate of drug-likeness (QED) is 0.270. The minimum atomic E-state index is -0.536. The molecule has 1 saturated heterocycles. The third-order valence-corrected chi connectivity index (χ3v) is 5.85. The van der Waals surface area contributed by atoms with Crippen molar-refractivity contribution in [1.82, 2.24) is 5.32 Å². The predicted octanol–water partition coefficient (Wildman–Crippen LogP) is 5.51. The van der Waals surface area contributed by atoms with Gasteiger partial charge in [0.15, 0.2) is 5.11 Å². The molecule has 0 saturated carbocycles. The van der Waals surface area contributed by atoms with Crippen molar-refractivity contribution >= 4 is 68.4 Å². The highest BCUT2D eigenvalue weighted by Crippen LogP contribution is 2.29. The highest BCUT2D eigenvalue weighted by atomic mass is 79.9. The molecular formula is C24H16BrClN2O3S. The summed E-state index contributed by atoms with van der Waals surface area (Å²) in [5.74, 6) is -0.385. The molecule has 32 heavy (non-hydrogen) atoms. The fraction of sp³-hybridized carbons (Fsp3) is 0.0417. The van der Waals surface area contributed by atoms with Crippen LogP contribution in [0.5, 0.6) is 5.75 Å². The third-order valence-electron chi connectivity index (χ3n) is 4.69. The molecule has 8 heteroatoms. The Labute approximate surface area is 203 Å². The second-order valence-corrected chi connectivity index (χ2v) is 8.58. The minimum Gasteiger partial charge on any atom is -0.488 e. The molecule has 1 fully saturated rings. The molecule has 1 aliphatic heterocycles. The molecule has 1 heterocycles. The smallest absolute Gasteiger partial charge is 0.270 e. The van der Waals surface area contributed by atoms with Gasteiger partial charge in [0.05, 0.1) is 10.2 Å². The topological polar surface area (TPSA) is 58.6 Å². The van der Waals surface area contributed by atoms with E-state index in [9.17, 15) is 9.59 Å². The summed E-state index contributed by atoms with van der Waals surface area (Å²) < 4.78 is 6.55. The monoisotopic (exact) mass is 526 g/mol. The van der Waals surface area contributed by atoms with E-state index in [-0.39, 0.29) is 10.7 Å². The number of benzene rings is 3. The van der Waals surface area contributed by atoms with Crippen molar-refractivity contribution < 1.29 is 14.3 Å². The summed E-state index contributed by atoms with van der Waals surface area (Å²) in [4.78, 5) is 26.8. The number of carbonyl (C=O) groups is 2. The second kappa shape index (κ2) is 9.65. The molecule has 0 aromatic heterocycles. The number of para-hydroxylation sites is 1. The van der Waals surface area contributed by atoms with Crippen molar-refractivity contribution in [1.29, 1.82) is 0 Å². The number of ether oxygens (including phenoxy) is 1. The minimum absolute atomic E-state index is 0.0100. The summed E-state index contributed by atoms with van der Waals surface area (Å²) in [6.45, 7) is 0.376. The average molecular weight is 528 g/mol. The van der Waals surface area contributed by atoms with Crippen LogP contribution >= 0.6 is 39.7 Å². The van der Waals surface area contributed by atoms with E-state index < -0.39 is 11.8 Å². The number of halogens is 2. The van der Waals surface area contributed by atoms with Crippen LogP contribution < -0.4 is 15.0 Å². The van der Waals surface area contributed by atoms with Crippen molar-refractivity contribution in [3.63, 3.8) is 0 Å². The maximum absolute atomic E-state index is 13.0. The lowest BCUT2D eigenvalue weighted by Crippen LogP contribution is -2.54. The zero-order valence-corrected chi connectivity index (χ0v) is 19.7. The van der Waals surface area contributed by atoms with Crippen LogP contribution in [0.2, 0.25) is 5.02 Å². The maximum atomic E-state index is 13.0. The Morgan fingerprint density at radius 3 is 2.44 bits per heavy atom. The number of anilines is 1. The Bertz CT molecular complexity index is 1230. The van der Waals surface area contributed by atoms with E-state index in [0.29, 0.717) is 33.1 Å². The number of hydrogen-bond acceptors (Lipinski definition) is 4. The highest BCUT2D eigenvalue weighted by Gasteiger charge is 2.34. The van der Waals surface area contributed by atoms with Crippen LogP contribution in [0.3, 0.4) is 0 Å². The lowest BCUT2D eigenvalue weighted by Gasteiger charge is -2.28. The van der Waals surface area contributed by atoms with Gasteiger partial charge in [-0.2, -0.15) is 0 Å². The first kappa shape index (κ1) is 22.2. The lowest BCUT2D eigenvalue weighted by molar-refractivity contribution is -0.122. The van der Waals surface area contributed by atoms with Gasteiger partial charge in [-0.15, -0.1) is 0 Å². The maximum Gasteiger partial charge on any atom is 0.270 e. The molecule has 1 aliphatic rings. The fourth-order valence-corrected chi connectivity index (χ4v) is 4.02. The Hall–Kier alpha value is -3.00. The number of rotatable bonds is 5.